The molecule has 0 heterocycles. The number of aliphatic hydroxyl groups excluding tert-OH is 1. The van der Waals surface area contributed by atoms with Crippen molar-refractivity contribution in [3.63, 3.8) is 0 Å². The van der Waals surface area contributed by atoms with E-state index in [1.54, 1.807) is 0 Å². The molecule has 1 fully saturated rings. The van der Waals surface area contributed by atoms with E-state index in [1.807, 2.05) is 0 Å². The first-order valence-corrected chi connectivity index (χ1v) is 5.88. The summed E-state index contributed by atoms with van der Waals surface area (Å²) in [6.45, 7) is 5.69. The van der Waals surface area contributed by atoms with Gasteiger partial charge >= 0.3 is 5.97 Å². The number of ether oxygens (including phenoxy) is 1. The molecular weight excluding hydrogens is 192 g/mol. The minimum atomic E-state index is -0.402. The lowest BCUT2D eigenvalue weighted by Gasteiger charge is -2.34. The Kier molecular flexibility index (Phi) is 4.14. The summed E-state index contributed by atoms with van der Waals surface area (Å²) >= 11 is 0. The molecule has 1 rings (SSSR count). The molecule has 0 aromatic carbocycles. The second-order valence-corrected chi connectivity index (χ2v) is 4.74. The van der Waals surface area contributed by atoms with Crippen LogP contribution in [-0.4, -0.2) is 22.8 Å². The van der Waals surface area contributed by atoms with E-state index in [0.29, 0.717) is 12.3 Å². The molecule has 0 aromatic rings. The Hall–Kier alpha value is -0.570. The average molecular weight is 214 g/mol. The summed E-state index contributed by atoms with van der Waals surface area (Å²) in [7, 11) is 0. The molecule has 3 atom stereocenters. The maximum atomic E-state index is 11.1. The van der Waals surface area contributed by atoms with Gasteiger partial charge in [-0.1, -0.05) is 20.3 Å². The van der Waals surface area contributed by atoms with Crippen LogP contribution in [0, 0.1) is 5.92 Å². The molecular formula is C12H22O3. The quantitative estimate of drug-likeness (QED) is 0.730. The van der Waals surface area contributed by atoms with E-state index in [2.05, 4.69) is 13.8 Å². The fraction of sp³-hybridized carbons (Fsp3) is 0.917. The van der Waals surface area contributed by atoms with Crippen molar-refractivity contribution in [1.82, 2.24) is 0 Å². The van der Waals surface area contributed by atoms with Gasteiger partial charge in [0.1, 0.15) is 5.60 Å². The number of hydrogen-bond donors (Lipinski definition) is 1. The normalized spacial score (nSPS) is 32.7. The molecule has 0 radical (unpaired) electrons. The van der Waals surface area contributed by atoms with Crippen LogP contribution in [0.3, 0.4) is 0 Å². The van der Waals surface area contributed by atoms with E-state index in [0.717, 1.165) is 25.7 Å². The Balaban J connectivity index is 2.72. The van der Waals surface area contributed by atoms with Crippen molar-refractivity contribution in [3.8, 4) is 0 Å². The third kappa shape index (κ3) is 2.94. The van der Waals surface area contributed by atoms with E-state index < -0.39 is 5.60 Å². The largest absolute Gasteiger partial charge is 0.459 e. The van der Waals surface area contributed by atoms with Crippen LogP contribution < -0.4 is 0 Å². The molecule has 1 N–H and O–H groups in total. The predicted molar refractivity (Wildman–Crippen MR) is 58.4 cm³/mol. The Morgan fingerprint density at radius 2 is 2.33 bits per heavy atom. The Bertz CT molecular complexity index is 227. The van der Waals surface area contributed by atoms with E-state index in [-0.39, 0.29) is 12.1 Å². The van der Waals surface area contributed by atoms with Crippen LogP contribution in [0.1, 0.15) is 52.9 Å². The number of hydrogen-bond acceptors (Lipinski definition) is 3. The van der Waals surface area contributed by atoms with Gasteiger partial charge in [-0.2, -0.15) is 0 Å². The van der Waals surface area contributed by atoms with Gasteiger partial charge in [-0.3, -0.25) is 4.79 Å². The highest BCUT2D eigenvalue weighted by atomic mass is 16.6. The topological polar surface area (TPSA) is 46.5 Å². The average Bonchev–Trinajstić information content (AvgIpc) is 2.48. The van der Waals surface area contributed by atoms with Gasteiger partial charge in [0.25, 0.3) is 0 Å². The minimum Gasteiger partial charge on any atom is -0.459 e. The van der Waals surface area contributed by atoms with Crippen molar-refractivity contribution in [1.29, 1.82) is 0 Å². The van der Waals surface area contributed by atoms with E-state index in [4.69, 9.17) is 4.74 Å². The minimum absolute atomic E-state index is 0.230. The Morgan fingerprint density at radius 3 is 2.73 bits per heavy atom. The molecule has 0 aliphatic heterocycles. The Labute approximate surface area is 91.8 Å². The molecule has 88 valence electrons. The highest BCUT2D eigenvalue weighted by molar-refractivity contribution is 5.66. The molecule has 0 amide bonds. The molecule has 15 heavy (non-hydrogen) atoms. The van der Waals surface area contributed by atoms with Crippen LogP contribution in [0.4, 0.5) is 0 Å². The molecule has 0 bridgehead atoms. The van der Waals surface area contributed by atoms with Crippen molar-refractivity contribution < 1.29 is 14.6 Å². The van der Waals surface area contributed by atoms with Crippen LogP contribution in [-0.2, 0) is 9.53 Å². The lowest BCUT2D eigenvalue weighted by atomic mass is 9.84. The summed E-state index contributed by atoms with van der Waals surface area (Å²) in [6.07, 6.45) is 3.98. The van der Waals surface area contributed by atoms with Gasteiger partial charge in [0.05, 0.1) is 6.10 Å². The van der Waals surface area contributed by atoms with Crippen LogP contribution >= 0.6 is 0 Å². The number of carbonyl (C=O) groups excluding carboxylic acids is 1. The summed E-state index contributed by atoms with van der Waals surface area (Å²) in [6, 6.07) is 0. The number of carbonyl (C=O) groups is 1. The van der Waals surface area contributed by atoms with Crippen LogP contribution in [0.25, 0.3) is 0 Å². The van der Waals surface area contributed by atoms with Crippen molar-refractivity contribution in [2.24, 2.45) is 5.92 Å². The highest BCUT2D eigenvalue weighted by Crippen LogP contribution is 2.41. The molecule has 3 heteroatoms. The smallest absolute Gasteiger partial charge is 0.303 e. The molecule has 1 aliphatic rings. The van der Waals surface area contributed by atoms with E-state index >= 15 is 0 Å². The molecule has 0 spiro atoms. The van der Waals surface area contributed by atoms with E-state index in [9.17, 15) is 9.90 Å². The SMILES string of the molecule is CCCC(C)C1(OC(C)=O)CCC(O)C1. The zero-order valence-corrected chi connectivity index (χ0v) is 9.95. The van der Waals surface area contributed by atoms with Crippen LogP contribution in [0.15, 0.2) is 0 Å². The van der Waals surface area contributed by atoms with Gasteiger partial charge < -0.3 is 9.84 Å². The third-order valence-electron chi connectivity index (χ3n) is 3.45. The summed E-state index contributed by atoms with van der Waals surface area (Å²) in [5.74, 6) is 0.107. The van der Waals surface area contributed by atoms with Gasteiger partial charge in [0.2, 0.25) is 0 Å². The van der Waals surface area contributed by atoms with Crippen LogP contribution in [0.5, 0.6) is 0 Å². The van der Waals surface area contributed by atoms with Crippen molar-refractivity contribution in [2.45, 2.75) is 64.6 Å². The van der Waals surface area contributed by atoms with Gasteiger partial charge in [-0.05, 0) is 25.2 Å². The van der Waals surface area contributed by atoms with Crippen LogP contribution in [0.2, 0.25) is 0 Å². The predicted octanol–water partition coefficient (Wildman–Crippen LogP) is 2.27. The maximum absolute atomic E-state index is 11.1. The van der Waals surface area contributed by atoms with Gasteiger partial charge in [-0.25, -0.2) is 0 Å². The maximum Gasteiger partial charge on any atom is 0.303 e. The standard InChI is InChI=1S/C12H22O3/c1-4-5-9(2)12(15-10(3)13)7-6-11(14)8-12/h9,11,14H,4-8H2,1-3H3. The summed E-state index contributed by atoms with van der Waals surface area (Å²) in [5.41, 5.74) is -0.402. The Morgan fingerprint density at radius 1 is 1.67 bits per heavy atom. The molecule has 1 aliphatic carbocycles. The number of esters is 1. The van der Waals surface area contributed by atoms with Crippen molar-refractivity contribution in [3.05, 3.63) is 0 Å². The number of rotatable bonds is 4. The van der Waals surface area contributed by atoms with Gasteiger partial charge in [0.15, 0.2) is 0 Å². The monoisotopic (exact) mass is 214 g/mol. The first-order chi connectivity index (χ1) is 7.00. The molecule has 3 nitrogen and oxygen atoms in total. The molecule has 3 unspecified atom stereocenters. The highest BCUT2D eigenvalue weighted by Gasteiger charge is 2.45. The van der Waals surface area contributed by atoms with Gasteiger partial charge in [-0.15, -0.1) is 0 Å². The lowest BCUT2D eigenvalue weighted by Crippen LogP contribution is -2.39. The van der Waals surface area contributed by atoms with Crippen molar-refractivity contribution >= 4 is 5.97 Å². The first kappa shape index (κ1) is 12.5. The summed E-state index contributed by atoms with van der Waals surface area (Å²) < 4.78 is 5.48. The first-order valence-electron chi connectivity index (χ1n) is 5.88. The second kappa shape index (κ2) is 4.97. The fourth-order valence-electron chi connectivity index (χ4n) is 2.64. The third-order valence-corrected chi connectivity index (χ3v) is 3.45. The zero-order valence-electron chi connectivity index (χ0n) is 9.95. The number of aliphatic hydroxyl groups is 1. The summed E-state index contributed by atoms with van der Waals surface area (Å²) in [4.78, 5) is 11.1. The van der Waals surface area contributed by atoms with E-state index in [1.165, 1.54) is 6.92 Å². The summed E-state index contributed by atoms with van der Waals surface area (Å²) in [5, 5.41) is 9.60. The molecule has 1 saturated carbocycles. The molecule has 0 aromatic heterocycles. The lowest BCUT2D eigenvalue weighted by molar-refractivity contribution is -0.163. The van der Waals surface area contributed by atoms with Crippen molar-refractivity contribution in [2.75, 3.05) is 0 Å². The molecule has 0 saturated heterocycles. The fourth-order valence-corrected chi connectivity index (χ4v) is 2.64. The van der Waals surface area contributed by atoms with Gasteiger partial charge in [0, 0.05) is 13.3 Å². The second-order valence-electron chi connectivity index (χ2n) is 4.74. The zero-order chi connectivity index (χ0) is 11.5.